The van der Waals surface area contributed by atoms with E-state index in [2.05, 4.69) is 10.2 Å². The molecular formula is C18H19FN2O2S2. The average Bonchev–Trinajstić information content (AvgIpc) is 3.25. The number of ether oxygens (including phenoxy) is 1. The molecule has 4 nitrogen and oxygen atoms in total. The molecule has 0 saturated carbocycles. The number of carbonyl (C=O) groups excluding carboxylic acids is 1. The Kier molecular flexibility index (Phi) is 5.65. The number of nitrogens with zero attached hydrogens (tertiary/aromatic N) is 1. The van der Waals surface area contributed by atoms with Crippen LogP contribution < -0.4 is 5.32 Å². The molecule has 0 unspecified atom stereocenters. The molecule has 1 fully saturated rings. The van der Waals surface area contributed by atoms with E-state index in [0.29, 0.717) is 15.7 Å². The minimum Gasteiger partial charge on any atom is -0.462 e. The number of carbonyl (C=O) groups is 1. The first-order valence-corrected chi connectivity index (χ1v) is 9.49. The number of hydrogen-bond acceptors (Lipinski definition) is 4. The predicted molar refractivity (Wildman–Crippen MR) is 103 cm³/mol. The summed E-state index contributed by atoms with van der Waals surface area (Å²) in [5, 5.41) is 6.35. The van der Waals surface area contributed by atoms with Gasteiger partial charge in [-0.2, -0.15) is 0 Å². The maximum absolute atomic E-state index is 13.2. The number of thiocarbonyl (C=S) groups is 1. The zero-order valence-electron chi connectivity index (χ0n) is 13.9. The second-order valence-electron chi connectivity index (χ2n) is 5.71. The molecule has 0 radical (unpaired) electrons. The van der Waals surface area contributed by atoms with Crippen LogP contribution in [0.3, 0.4) is 0 Å². The monoisotopic (exact) mass is 378 g/mol. The van der Waals surface area contributed by atoms with Gasteiger partial charge in [0.15, 0.2) is 5.11 Å². The Hall–Kier alpha value is -1.99. The Bertz CT molecular complexity index is 768. The van der Waals surface area contributed by atoms with E-state index in [1.165, 1.54) is 23.5 Å². The highest BCUT2D eigenvalue weighted by Gasteiger charge is 2.24. The Labute approximate surface area is 155 Å². The van der Waals surface area contributed by atoms with E-state index in [1.807, 2.05) is 5.38 Å². The van der Waals surface area contributed by atoms with E-state index in [4.69, 9.17) is 17.0 Å². The van der Waals surface area contributed by atoms with Gasteiger partial charge < -0.3 is 15.0 Å². The molecule has 0 spiro atoms. The molecule has 25 heavy (non-hydrogen) atoms. The first-order valence-electron chi connectivity index (χ1n) is 8.20. The van der Waals surface area contributed by atoms with Crippen LogP contribution >= 0.6 is 23.6 Å². The molecule has 1 aromatic heterocycles. The number of rotatable bonds is 4. The number of anilines is 1. The van der Waals surface area contributed by atoms with Crippen molar-refractivity contribution in [2.24, 2.45) is 0 Å². The van der Waals surface area contributed by atoms with Crippen LogP contribution in [-0.4, -0.2) is 35.7 Å². The van der Waals surface area contributed by atoms with Gasteiger partial charge in [0, 0.05) is 24.0 Å². The summed E-state index contributed by atoms with van der Waals surface area (Å²) in [5.74, 6) is -0.722. The highest BCUT2D eigenvalue weighted by atomic mass is 32.1. The fraction of sp³-hybridized carbons (Fsp3) is 0.333. The van der Waals surface area contributed by atoms with Crippen LogP contribution in [0, 0.1) is 5.82 Å². The number of esters is 1. The molecule has 7 heteroatoms. The van der Waals surface area contributed by atoms with Crippen LogP contribution in [0.5, 0.6) is 0 Å². The molecule has 132 valence electrons. The van der Waals surface area contributed by atoms with Gasteiger partial charge >= 0.3 is 5.97 Å². The lowest BCUT2D eigenvalue weighted by Crippen LogP contribution is -2.32. The lowest BCUT2D eigenvalue weighted by atomic mass is 10.0. The third kappa shape index (κ3) is 3.99. The molecule has 3 rings (SSSR count). The molecule has 1 N–H and O–H groups in total. The van der Waals surface area contributed by atoms with Gasteiger partial charge in [-0.1, -0.05) is 12.1 Å². The van der Waals surface area contributed by atoms with Gasteiger partial charge in [0.25, 0.3) is 0 Å². The van der Waals surface area contributed by atoms with Crippen molar-refractivity contribution in [2.75, 3.05) is 25.0 Å². The second kappa shape index (κ2) is 7.93. The summed E-state index contributed by atoms with van der Waals surface area (Å²) in [6.45, 7) is 3.91. The van der Waals surface area contributed by atoms with E-state index in [0.717, 1.165) is 37.1 Å². The standard InChI is InChI=1S/C18H19FN2O2S2/c1-2-23-17(22)15-14(12-5-7-13(19)8-6-12)11-25-16(15)20-18(24)21-9-3-4-10-21/h5-8,11H,2-4,9-10H2,1H3,(H,20,24). The first kappa shape index (κ1) is 17.8. The molecule has 1 aliphatic heterocycles. The van der Waals surface area contributed by atoms with Crippen molar-refractivity contribution in [2.45, 2.75) is 19.8 Å². The summed E-state index contributed by atoms with van der Waals surface area (Å²) >= 11 is 6.87. The molecule has 1 saturated heterocycles. The topological polar surface area (TPSA) is 41.6 Å². The smallest absolute Gasteiger partial charge is 0.341 e. The van der Waals surface area contributed by atoms with Gasteiger partial charge in [0.05, 0.1) is 6.61 Å². The van der Waals surface area contributed by atoms with Crippen LogP contribution in [0.4, 0.5) is 9.39 Å². The van der Waals surface area contributed by atoms with E-state index in [1.54, 1.807) is 19.1 Å². The van der Waals surface area contributed by atoms with Crippen molar-refractivity contribution in [3.05, 3.63) is 41.0 Å². The van der Waals surface area contributed by atoms with E-state index >= 15 is 0 Å². The second-order valence-corrected chi connectivity index (χ2v) is 6.97. The number of nitrogens with one attached hydrogen (secondary N) is 1. The maximum atomic E-state index is 13.2. The normalized spacial score (nSPS) is 13.8. The molecule has 1 aromatic carbocycles. The number of halogens is 1. The summed E-state index contributed by atoms with van der Waals surface area (Å²) in [6, 6.07) is 6.07. The number of thiophene rings is 1. The van der Waals surface area contributed by atoms with Crippen LogP contribution in [0.1, 0.15) is 30.1 Å². The lowest BCUT2D eigenvalue weighted by Gasteiger charge is -2.19. The van der Waals surface area contributed by atoms with Crippen molar-refractivity contribution in [3.8, 4) is 11.1 Å². The third-order valence-corrected chi connectivity index (χ3v) is 5.30. The van der Waals surface area contributed by atoms with Crippen LogP contribution in [0.2, 0.25) is 0 Å². The highest BCUT2D eigenvalue weighted by Crippen LogP contribution is 2.36. The van der Waals surface area contributed by atoms with Crippen LogP contribution in [0.15, 0.2) is 29.6 Å². The summed E-state index contributed by atoms with van der Waals surface area (Å²) in [4.78, 5) is 14.6. The molecular weight excluding hydrogens is 359 g/mol. The molecule has 0 bridgehead atoms. The minimum absolute atomic E-state index is 0.285. The van der Waals surface area contributed by atoms with E-state index < -0.39 is 5.97 Å². The van der Waals surface area contributed by atoms with Gasteiger partial charge in [-0.15, -0.1) is 11.3 Å². The average molecular weight is 378 g/mol. The van der Waals surface area contributed by atoms with Gasteiger partial charge in [-0.25, -0.2) is 9.18 Å². The first-order chi connectivity index (χ1) is 12.1. The number of hydrogen-bond donors (Lipinski definition) is 1. The quantitative estimate of drug-likeness (QED) is 0.626. The Balaban J connectivity index is 1.93. The van der Waals surface area contributed by atoms with Crippen molar-refractivity contribution in [1.29, 1.82) is 0 Å². The fourth-order valence-electron chi connectivity index (χ4n) is 2.79. The highest BCUT2D eigenvalue weighted by molar-refractivity contribution is 7.80. The molecule has 0 aliphatic carbocycles. The minimum atomic E-state index is -0.408. The van der Waals surface area contributed by atoms with Crippen molar-refractivity contribution >= 4 is 39.6 Å². The summed E-state index contributed by atoms with van der Waals surface area (Å²) in [6.07, 6.45) is 2.25. The van der Waals surface area contributed by atoms with Crippen molar-refractivity contribution in [1.82, 2.24) is 4.90 Å². The Morgan fingerprint density at radius 2 is 2.00 bits per heavy atom. The largest absolute Gasteiger partial charge is 0.462 e. The summed E-state index contributed by atoms with van der Waals surface area (Å²) in [5.41, 5.74) is 1.93. The maximum Gasteiger partial charge on any atom is 0.341 e. The summed E-state index contributed by atoms with van der Waals surface area (Å²) < 4.78 is 18.4. The summed E-state index contributed by atoms with van der Waals surface area (Å²) in [7, 11) is 0. The zero-order valence-corrected chi connectivity index (χ0v) is 15.5. The van der Waals surface area contributed by atoms with E-state index in [9.17, 15) is 9.18 Å². The van der Waals surface area contributed by atoms with E-state index in [-0.39, 0.29) is 12.4 Å². The molecule has 0 atom stereocenters. The van der Waals surface area contributed by atoms with Crippen molar-refractivity contribution in [3.63, 3.8) is 0 Å². The van der Waals surface area contributed by atoms with Crippen molar-refractivity contribution < 1.29 is 13.9 Å². The lowest BCUT2D eigenvalue weighted by molar-refractivity contribution is 0.0529. The molecule has 1 aliphatic rings. The van der Waals surface area contributed by atoms with Gasteiger partial charge in [0.2, 0.25) is 0 Å². The fourth-order valence-corrected chi connectivity index (χ4v) is 4.10. The number of likely N-dealkylation sites (tertiary alicyclic amines) is 1. The predicted octanol–water partition coefficient (Wildman–Crippen LogP) is 4.52. The van der Waals surface area contributed by atoms with Crippen LogP contribution in [0.25, 0.3) is 11.1 Å². The molecule has 0 amide bonds. The molecule has 2 heterocycles. The van der Waals surface area contributed by atoms with Gasteiger partial charge in [-0.05, 0) is 49.7 Å². The number of benzene rings is 1. The Morgan fingerprint density at radius 1 is 1.32 bits per heavy atom. The Morgan fingerprint density at radius 3 is 2.64 bits per heavy atom. The third-order valence-electron chi connectivity index (χ3n) is 4.04. The van der Waals surface area contributed by atoms with Gasteiger partial charge in [0.1, 0.15) is 16.4 Å². The van der Waals surface area contributed by atoms with Crippen LogP contribution in [-0.2, 0) is 4.74 Å². The SMILES string of the molecule is CCOC(=O)c1c(-c2ccc(F)cc2)csc1NC(=S)N1CCCC1. The molecule has 2 aromatic rings. The zero-order chi connectivity index (χ0) is 17.8. The van der Waals surface area contributed by atoms with Gasteiger partial charge in [-0.3, -0.25) is 0 Å².